The summed E-state index contributed by atoms with van der Waals surface area (Å²) in [6, 6.07) is 1.50. The molecule has 0 heterocycles. The lowest BCUT2D eigenvalue weighted by molar-refractivity contribution is -0.132. The van der Waals surface area contributed by atoms with Crippen molar-refractivity contribution in [1.82, 2.24) is 21.6 Å². The third-order valence-corrected chi connectivity index (χ3v) is 3.88. The van der Waals surface area contributed by atoms with Gasteiger partial charge in [0, 0.05) is 12.0 Å². The van der Waals surface area contributed by atoms with Crippen LogP contribution in [0.15, 0.2) is 12.1 Å². The number of rotatable bonds is 11. The Morgan fingerprint density at radius 3 is 1.97 bits per heavy atom. The number of carbonyl (C=O) groups excluding carboxylic acids is 4. The summed E-state index contributed by atoms with van der Waals surface area (Å²) < 4.78 is 15.5. The van der Waals surface area contributed by atoms with Gasteiger partial charge >= 0.3 is 0 Å². The van der Waals surface area contributed by atoms with E-state index in [0.29, 0.717) is 0 Å². The monoisotopic (exact) mass is 428 g/mol. The molecule has 4 amide bonds. The summed E-state index contributed by atoms with van der Waals surface area (Å²) in [7, 11) is 4.14. The van der Waals surface area contributed by atoms with Crippen molar-refractivity contribution in [2.24, 2.45) is 0 Å². The van der Waals surface area contributed by atoms with Gasteiger partial charge in [-0.1, -0.05) is 0 Å². The predicted octanol–water partition coefficient (Wildman–Crippen LogP) is -1.28. The quantitative estimate of drug-likeness (QED) is 0.184. The standard InChI is InChI=1S/C17H24N4O9/c1-28-11-6-9(7-12(29-2)15(11)30-3)16(24)19-10(4-5-13(22)20-26)17(25)18-8-14(23)21-27/h6-7,10,26-27H,4-5,8H2,1-3H3,(H,18,25)(H,19,24)(H,20,22)(H,21,23)/t10-/m0/s1. The van der Waals surface area contributed by atoms with Gasteiger partial charge in [0.15, 0.2) is 11.5 Å². The van der Waals surface area contributed by atoms with Gasteiger partial charge in [0.2, 0.25) is 17.6 Å². The number of hydroxylamine groups is 2. The molecule has 166 valence electrons. The van der Waals surface area contributed by atoms with Crippen LogP contribution >= 0.6 is 0 Å². The summed E-state index contributed by atoms with van der Waals surface area (Å²) in [5.41, 5.74) is 2.83. The zero-order valence-corrected chi connectivity index (χ0v) is 16.6. The smallest absolute Gasteiger partial charge is 0.262 e. The van der Waals surface area contributed by atoms with Gasteiger partial charge < -0.3 is 24.8 Å². The maximum absolute atomic E-state index is 12.7. The van der Waals surface area contributed by atoms with E-state index in [9.17, 15) is 19.2 Å². The van der Waals surface area contributed by atoms with Crippen molar-refractivity contribution in [3.05, 3.63) is 17.7 Å². The van der Waals surface area contributed by atoms with E-state index in [2.05, 4.69) is 10.6 Å². The van der Waals surface area contributed by atoms with Crippen molar-refractivity contribution in [2.45, 2.75) is 18.9 Å². The number of nitrogens with one attached hydrogen (secondary N) is 4. The molecular weight excluding hydrogens is 404 g/mol. The Morgan fingerprint density at radius 2 is 1.50 bits per heavy atom. The zero-order chi connectivity index (χ0) is 22.7. The van der Waals surface area contributed by atoms with E-state index in [-0.39, 0.29) is 35.7 Å². The van der Waals surface area contributed by atoms with Gasteiger partial charge in [-0.3, -0.25) is 29.6 Å². The molecule has 13 nitrogen and oxygen atoms in total. The number of methoxy groups -OCH3 is 3. The van der Waals surface area contributed by atoms with Crippen LogP contribution in [0.4, 0.5) is 0 Å². The van der Waals surface area contributed by atoms with Crippen LogP contribution < -0.4 is 35.8 Å². The van der Waals surface area contributed by atoms with Gasteiger partial charge in [-0.05, 0) is 18.6 Å². The zero-order valence-electron chi connectivity index (χ0n) is 16.6. The fraction of sp³-hybridized carbons (Fsp3) is 0.412. The van der Waals surface area contributed by atoms with E-state index in [1.165, 1.54) is 44.4 Å². The third kappa shape index (κ3) is 6.79. The van der Waals surface area contributed by atoms with Gasteiger partial charge in [0.1, 0.15) is 6.04 Å². The molecule has 1 aromatic carbocycles. The highest BCUT2D eigenvalue weighted by Crippen LogP contribution is 2.38. The molecular formula is C17H24N4O9. The molecule has 0 saturated heterocycles. The lowest BCUT2D eigenvalue weighted by Crippen LogP contribution is -2.49. The summed E-state index contributed by atoms with van der Waals surface area (Å²) in [5, 5.41) is 21.7. The number of carbonyl (C=O) groups is 4. The Morgan fingerprint density at radius 1 is 0.933 bits per heavy atom. The molecule has 0 aliphatic heterocycles. The van der Waals surface area contributed by atoms with E-state index < -0.39 is 36.2 Å². The second-order valence-corrected chi connectivity index (χ2v) is 5.77. The van der Waals surface area contributed by atoms with Crippen molar-refractivity contribution in [3.63, 3.8) is 0 Å². The molecule has 0 aliphatic rings. The molecule has 0 aromatic heterocycles. The second-order valence-electron chi connectivity index (χ2n) is 5.77. The molecule has 1 atom stereocenters. The molecule has 0 unspecified atom stereocenters. The first kappa shape index (κ1) is 24.5. The molecule has 30 heavy (non-hydrogen) atoms. The van der Waals surface area contributed by atoms with Gasteiger partial charge in [0.25, 0.3) is 11.8 Å². The Bertz CT molecular complexity index is 759. The third-order valence-electron chi connectivity index (χ3n) is 3.88. The van der Waals surface area contributed by atoms with E-state index in [4.69, 9.17) is 24.6 Å². The molecule has 0 saturated carbocycles. The van der Waals surface area contributed by atoms with Crippen molar-refractivity contribution in [3.8, 4) is 17.2 Å². The van der Waals surface area contributed by atoms with E-state index in [0.717, 1.165) is 0 Å². The average molecular weight is 428 g/mol. The van der Waals surface area contributed by atoms with Crippen molar-refractivity contribution in [1.29, 1.82) is 0 Å². The fourth-order valence-electron chi connectivity index (χ4n) is 2.38. The average Bonchev–Trinajstić information content (AvgIpc) is 2.77. The number of ether oxygens (including phenoxy) is 3. The largest absolute Gasteiger partial charge is 0.493 e. The highest BCUT2D eigenvalue weighted by atomic mass is 16.5. The maximum atomic E-state index is 12.7. The topological polar surface area (TPSA) is 185 Å². The van der Waals surface area contributed by atoms with Crippen molar-refractivity contribution in [2.75, 3.05) is 27.9 Å². The van der Waals surface area contributed by atoms with Gasteiger partial charge in [0.05, 0.1) is 27.9 Å². The summed E-state index contributed by atoms with van der Waals surface area (Å²) in [4.78, 5) is 47.4. The number of hydrogen-bond acceptors (Lipinski definition) is 9. The fourth-order valence-corrected chi connectivity index (χ4v) is 2.38. The maximum Gasteiger partial charge on any atom is 0.262 e. The first-order valence-electron chi connectivity index (χ1n) is 8.55. The lowest BCUT2D eigenvalue weighted by atomic mass is 10.1. The van der Waals surface area contributed by atoms with Crippen LogP contribution in [0.3, 0.4) is 0 Å². The van der Waals surface area contributed by atoms with Gasteiger partial charge in [-0.25, -0.2) is 11.0 Å². The molecule has 0 aliphatic carbocycles. The molecule has 1 aromatic rings. The van der Waals surface area contributed by atoms with Crippen LogP contribution in [0.5, 0.6) is 17.2 Å². The summed E-state index contributed by atoms with van der Waals surface area (Å²) in [5.74, 6) is -2.46. The highest BCUT2D eigenvalue weighted by Gasteiger charge is 2.24. The molecule has 0 spiro atoms. The number of amides is 4. The van der Waals surface area contributed by atoms with Crippen LogP contribution in [0, 0.1) is 0 Å². The molecule has 0 fully saturated rings. The minimum absolute atomic E-state index is 0.0713. The van der Waals surface area contributed by atoms with Crippen LogP contribution in [-0.4, -0.2) is 68.0 Å². The summed E-state index contributed by atoms with van der Waals surface area (Å²) >= 11 is 0. The minimum Gasteiger partial charge on any atom is -0.493 e. The molecule has 13 heteroatoms. The summed E-state index contributed by atoms with van der Waals surface area (Å²) in [6.07, 6.45) is -0.481. The Kier molecular flexibility index (Phi) is 9.85. The van der Waals surface area contributed by atoms with Gasteiger partial charge in [-0.2, -0.15) is 0 Å². The van der Waals surface area contributed by atoms with Gasteiger partial charge in [-0.15, -0.1) is 0 Å². The Hall–Kier alpha value is -3.58. The van der Waals surface area contributed by atoms with Crippen LogP contribution in [0.1, 0.15) is 23.2 Å². The highest BCUT2D eigenvalue weighted by molar-refractivity contribution is 5.99. The van der Waals surface area contributed by atoms with E-state index in [1.54, 1.807) is 0 Å². The van der Waals surface area contributed by atoms with Crippen LogP contribution in [0.25, 0.3) is 0 Å². The molecule has 0 radical (unpaired) electrons. The van der Waals surface area contributed by atoms with E-state index in [1.807, 2.05) is 0 Å². The summed E-state index contributed by atoms with van der Waals surface area (Å²) in [6.45, 7) is -0.557. The molecule has 6 N–H and O–H groups in total. The minimum atomic E-state index is -1.24. The van der Waals surface area contributed by atoms with Crippen LogP contribution in [-0.2, 0) is 14.4 Å². The normalized spacial score (nSPS) is 11.0. The molecule has 0 bridgehead atoms. The number of benzene rings is 1. The van der Waals surface area contributed by atoms with Crippen molar-refractivity contribution >= 4 is 23.6 Å². The predicted molar refractivity (Wildman–Crippen MR) is 99.5 cm³/mol. The SMILES string of the molecule is COc1cc(C(=O)N[C@@H](CCC(=O)NO)C(=O)NCC(=O)NO)cc(OC)c1OC. The Labute approximate surface area is 171 Å². The van der Waals surface area contributed by atoms with Crippen LogP contribution in [0.2, 0.25) is 0 Å². The van der Waals surface area contributed by atoms with E-state index >= 15 is 0 Å². The lowest BCUT2D eigenvalue weighted by Gasteiger charge is -2.19. The van der Waals surface area contributed by atoms with Crippen molar-refractivity contribution < 1.29 is 43.8 Å². The molecule has 1 rings (SSSR count). The first-order valence-corrected chi connectivity index (χ1v) is 8.55. The Balaban J connectivity index is 3.06. The first-order chi connectivity index (χ1) is 14.3. The second kappa shape index (κ2) is 12.1. The number of hydrogen-bond donors (Lipinski definition) is 6.